The summed E-state index contributed by atoms with van der Waals surface area (Å²) in [7, 11) is 0. The molecule has 1 N–H and O–H groups in total. The van der Waals surface area contributed by atoms with Crippen molar-refractivity contribution in [1.82, 2.24) is 0 Å². The SMILES string of the molecule is CCCCOC(=O)c1cccc(NC(=O)CCCOc2ccc(C)cc2)c1. The summed E-state index contributed by atoms with van der Waals surface area (Å²) < 4.78 is 10.8. The third-order valence-electron chi connectivity index (χ3n) is 3.95. The Bertz CT molecular complexity index is 740. The summed E-state index contributed by atoms with van der Waals surface area (Å²) in [6.45, 7) is 4.94. The summed E-state index contributed by atoms with van der Waals surface area (Å²) in [6.07, 6.45) is 2.76. The van der Waals surface area contributed by atoms with Gasteiger partial charge >= 0.3 is 5.97 Å². The third kappa shape index (κ3) is 7.52. The number of unbranched alkanes of at least 4 members (excludes halogenated alkanes) is 1. The first-order valence-corrected chi connectivity index (χ1v) is 9.35. The number of carbonyl (C=O) groups is 2. The van der Waals surface area contributed by atoms with Gasteiger partial charge in [-0.3, -0.25) is 4.79 Å². The molecule has 0 aliphatic carbocycles. The Morgan fingerprint density at radius 3 is 2.52 bits per heavy atom. The summed E-state index contributed by atoms with van der Waals surface area (Å²) in [5.74, 6) is 0.320. The van der Waals surface area contributed by atoms with Crippen molar-refractivity contribution in [3.8, 4) is 5.75 Å². The molecule has 2 aromatic rings. The first-order valence-electron chi connectivity index (χ1n) is 9.35. The van der Waals surface area contributed by atoms with Crippen LogP contribution in [0, 0.1) is 6.92 Å². The van der Waals surface area contributed by atoms with Gasteiger partial charge in [-0.1, -0.05) is 37.1 Å². The number of carbonyl (C=O) groups excluding carboxylic acids is 2. The van der Waals surface area contributed by atoms with Gasteiger partial charge in [-0.05, 0) is 50.1 Å². The summed E-state index contributed by atoms with van der Waals surface area (Å²) in [5.41, 5.74) is 2.20. The number of benzene rings is 2. The van der Waals surface area contributed by atoms with Crippen molar-refractivity contribution in [2.45, 2.75) is 39.5 Å². The maximum atomic E-state index is 12.1. The predicted octanol–water partition coefficient (Wildman–Crippen LogP) is 4.75. The Labute approximate surface area is 160 Å². The molecular weight excluding hydrogens is 342 g/mol. The standard InChI is InChI=1S/C22H27NO4/c1-3-4-14-27-22(25)18-7-5-8-19(16-18)23-21(24)9-6-15-26-20-12-10-17(2)11-13-20/h5,7-8,10-13,16H,3-4,6,9,14-15H2,1-2H3,(H,23,24). The fourth-order valence-electron chi connectivity index (χ4n) is 2.40. The molecule has 0 heterocycles. The smallest absolute Gasteiger partial charge is 0.338 e. The summed E-state index contributed by atoms with van der Waals surface area (Å²) >= 11 is 0. The summed E-state index contributed by atoms with van der Waals surface area (Å²) in [4.78, 5) is 24.1. The van der Waals surface area contributed by atoms with Gasteiger partial charge < -0.3 is 14.8 Å². The van der Waals surface area contributed by atoms with Crippen molar-refractivity contribution in [3.05, 3.63) is 59.7 Å². The van der Waals surface area contributed by atoms with Gasteiger partial charge in [0.2, 0.25) is 5.91 Å². The number of anilines is 1. The number of hydrogen-bond donors (Lipinski definition) is 1. The van der Waals surface area contributed by atoms with Crippen LogP contribution >= 0.6 is 0 Å². The number of esters is 1. The lowest BCUT2D eigenvalue weighted by molar-refractivity contribution is -0.116. The van der Waals surface area contributed by atoms with E-state index < -0.39 is 0 Å². The van der Waals surface area contributed by atoms with Crippen molar-refractivity contribution in [1.29, 1.82) is 0 Å². The lowest BCUT2D eigenvalue weighted by Gasteiger charge is -2.09. The van der Waals surface area contributed by atoms with Crippen LogP contribution in [-0.4, -0.2) is 25.1 Å². The van der Waals surface area contributed by atoms with Crippen LogP contribution < -0.4 is 10.1 Å². The van der Waals surface area contributed by atoms with E-state index in [2.05, 4.69) is 5.32 Å². The molecule has 2 rings (SSSR count). The molecule has 5 nitrogen and oxygen atoms in total. The highest BCUT2D eigenvalue weighted by Crippen LogP contribution is 2.14. The number of ether oxygens (including phenoxy) is 2. The molecular formula is C22H27NO4. The molecule has 0 aliphatic rings. The maximum Gasteiger partial charge on any atom is 0.338 e. The molecule has 0 radical (unpaired) electrons. The van der Waals surface area contributed by atoms with Crippen LogP contribution in [0.25, 0.3) is 0 Å². The topological polar surface area (TPSA) is 64.6 Å². The minimum absolute atomic E-state index is 0.112. The lowest BCUT2D eigenvalue weighted by Crippen LogP contribution is -2.13. The Balaban J connectivity index is 1.74. The molecule has 0 aliphatic heterocycles. The number of amides is 1. The molecule has 144 valence electrons. The van der Waals surface area contributed by atoms with Crippen molar-refractivity contribution in [3.63, 3.8) is 0 Å². The maximum absolute atomic E-state index is 12.1. The van der Waals surface area contributed by atoms with Gasteiger partial charge in [0.15, 0.2) is 0 Å². The number of rotatable bonds is 10. The molecule has 0 bridgehead atoms. The molecule has 0 atom stereocenters. The van der Waals surface area contributed by atoms with E-state index in [1.54, 1.807) is 24.3 Å². The van der Waals surface area contributed by atoms with Crippen LogP contribution in [0.1, 0.15) is 48.5 Å². The van der Waals surface area contributed by atoms with Gasteiger partial charge in [-0.25, -0.2) is 4.79 Å². The molecule has 0 aromatic heterocycles. The van der Waals surface area contributed by atoms with Gasteiger partial charge in [0.1, 0.15) is 5.75 Å². The van der Waals surface area contributed by atoms with Crippen LogP contribution in [0.5, 0.6) is 5.75 Å². The molecule has 1 amide bonds. The lowest BCUT2D eigenvalue weighted by atomic mass is 10.2. The van der Waals surface area contributed by atoms with E-state index in [0.29, 0.717) is 37.3 Å². The molecule has 0 unspecified atom stereocenters. The highest BCUT2D eigenvalue weighted by atomic mass is 16.5. The Hall–Kier alpha value is -2.82. The molecule has 5 heteroatoms. The van der Waals surface area contributed by atoms with Gasteiger partial charge in [-0.15, -0.1) is 0 Å². The van der Waals surface area contributed by atoms with Crippen molar-refractivity contribution < 1.29 is 19.1 Å². The largest absolute Gasteiger partial charge is 0.494 e. The fourth-order valence-corrected chi connectivity index (χ4v) is 2.40. The molecule has 0 fully saturated rings. The van der Waals surface area contributed by atoms with Gasteiger partial charge in [0.05, 0.1) is 18.8 Å². The third-order valence-corrected chi connectivity index (χ3v) is 3.95. The molecule has 0 saturated carbocycles. The highest BCUT2D eigenvalue weighted by molar-refractivity contribution is 5.94. The quantitative estimate of drug-likeness (QED) is 0.485. The van der Waals surface area contributed by atoms with E-state index >= 15 is 0 Å². The molecule has 0 saturated heterocycles. The van der Waals surface area contributed by atoms with E-state index in [1.165, 1.54) is 5.56 Å². The number of hydrogen-bond acceptors (Lipinski definition) is 4. The zero-order valence-electron chi connectivity index (χ0n) is 16.0. The van der Waals surface area contributed by atoms with Crippen LogP contribution in [0.15, 0.2) is 48.5 Å². The zero-order valence-corrected chi connectivity index (χ0v) is 16.0. The highest BCUT2D eigenvalue weighted by Gasteiger charge is 2.09. The van der Waals surface area contributed by atoms with Gasteiger partial charge in [0, 0.05) is 12.1 Å². The van der Waals surface area contributed by atoms with E-state index in [0.717, 1.165) is 18.6 Å². The Kier molecular flexibility index (Phi) is 8.36. The predicted molar refractivity (Wildman–Crippen MR) is 106 cm³/mol. The van der Waals surface area contributed by atoms with Crippen LogP contribution in [-0.2, 0) is 9.53 Å². The van der Waals surface area contributed by atoms with Crippen LogP contribution in [0.2, 0.25) is 0 Å². The van der Waals surface area contributed by atoms with Gasteiger partial charge in [-0.2, -0.15) is 0 Å². The first-order chi connectivity index (χ1) is 13.1. The second-order valence-electron chi connectivity index (χ2n) is 6.38. The van der Waals surface area contributed by atoms with E-state index in [9.17, 15) is 9.59 Å². The zero-order chi connectivity index (χ0) is 19.5. The Morgan fingerprint density at radius 2 is 1.78 bits per heavy atom. The number of aryl methyl sites for hydroxylation is 1. The minimum Gasteiger partial charge on any atom is -0.494 e. The second-order valence-corrected chi connectivity index (χ2v) is 6.38. The normalized spacial score (nSPS) is 10.3. The average molecular weight is 369 g/mol. The van der Waals surface area contributed by atoms with Crippen molar-refractivity contribution in [2.75, 3.05) is 18.5 Å². The van der Waals surface area contributed by atoms with Crippen molar-refractivity contribution in [2.24, 2.45) is 0 Å². The van der Waals surface area contributed by atoms with E-state index in [4.69, 9.17) is 9.47 Å². The monoisotopic (exact) mass is 369 g/mol. The second kappa shape index (κ2) is 11.0. The summed E-state index contributed by atoms with van der Waals surface area (Å²) in [5, 5.41) is 2.81. The Morgan fingerprint density at radius 1 is 1.00 bits per heavy atom. The van der Waals surface area contributed by atoms with E-state index in [-0.39, 0.29) is 11.9 Å². The van der Waals surface area contributed by atoms with Crippen LogP contribution in [0.3, 0.4) is 0 Å². The van der Waals surface area contributed by atoms with Gasteiger partial charge in [0.25, 0.3) is 0 Å². The average Bonchev–Trinajstić information content (AvgIpc) is 2.67. The van der Waals surface area contributed by atoms with E-state index in [1.807, 2.05) is 38.1 Å². The number of nitrogens with one attached hydrogen (secondary N) is 1. The van der Waals surface area contributed by atoms with Crippen molar-refractivity contribution >= 4 is 17.6 Å². The minimum atomic E-state index is -0.369. The summed E-state index contributed by atoms with van der Waals surface area (Å²) in [6, 6.07) is 14.6. The molecule has 27 heavy (non-hydrogen) atoms. The van der Waals surface area contributed by atoms with Crippen LogP contribution in [0.4, 0.5) is 5.69 Å². The first kappa shape index (κ1) is 20.5. The molecule has 0 spiro atoms. The molecule has 2 aromatic carbocycles. The fraction of sp³-hybridized carbons (Fsp3) is 0.364.